The fourth-order valence-corrected chi connectivity index (χ4v) is 3.81. The molecule has 0 aromatic heterocycles. The third kappa shape index (κ3) is 5.78. The summed E-state index contributed by atoms with van der Waals surface area (Å²) in [4.78, 5) is 12.7. The Balaban J connectivity index is 0.00000288. The molecule has 0 amide bonds. The number of hydrogen-bond donors (Lipinski definition) is 0. The van der Waals surface area contributed by atoms with Crippen molar-refractivity contribution in [3.63, 3.8) is 0 Å². The monoisotopic (exact) mass is 336 g/mol. The van der Waals surface area contributed by atoms with Crippen LogP contribution in [0.15, 0.2) is 36.4 Å². The molecule has 2 rings (SSSR count). The summed E-state index contributed by atoms with van der Waals surface area (Å²) in [5, 5.41) is 1.04. The molecule has 0 fully saturated rings. The van der Waals surface area contributed by atoms with Crippen molar-refractivity contribution in [2.45, 2.75) is 47.1 Å². The van der Waals surface area contributed by atoms with E-state index >= 15 is 0 Å². The predicted octanol–water partition coefficient (Wildman–Crippen LogP) is 2.05. The number of hydrogen-bond acceptors (Lipinski definition) is 2. The standard InChI is InChI=1S/C20H25O2P.Li.H/c1-13-11-14(2)18(15(3)12-13)19(21)23-17-9-7-16(8-10-17)22-20(4,5)6;;/h7-12,23H,1-6H3;;/q;+1;-1. The predicted molar refractivity (Wildman–Crippen MR) is 101 cm³/mol. The number of carbonyl (C=O) groups is 1. The molecule has 0 aliphatic rings. The van der Waals surface area contributed by atoms with E-state index in [0.717, 1.165) is 27.7 Å². The van der Waals surface area contributed by atoms with Crippen molar-refractivity contribution in [2.75, 3.05) is 0 Å². The maximum Gasteiger partial charge on any atom is 1.00 e. The molecule has 2 aromatic rings. The average Bonchev–Trinajstić information content (AvgIpc) is 2.38. The molecule has 0 bridgehead atoms. The Morgan fingerprint density at radius 1 is 1.00 bits per heavy atom. The fourth-order valence-electron chi connectivity index (χ4n) is 2.69. The average molecular weight is 336 g/mol. The second kappa shape index (κ2) is 8.35. The summed E-state index contributed by atoms with van der Waals surface area (Å²) >= 11 is 0. The van der Waals surface area contributed by atoms with Crippen LogP contribution >= 0.6 is 8.58 Å². The molecule has 1 atom stereocenters. The van der Waals surface area contributed by atoms with Crippen LogP contribution in [0.25, 0.3) is 0 Å². The van der Waals surface area contributed by atoms with Gasteiger partial charge in [0.25, 0.3) is 0 Å². The van der Waals surface area contributed by atoms with Gasteiger partial charge in [-0.1, -0.05) is 29.8 Å². The Bertz CT molecular complexity index is 698. The van der Waals surface area contributed by atoms with Gasteiger partial charge in [-0.2, -0.15) is 0 Å². The van der Waals surface area contributed by atoms with E-state index in [-0.39, 0.29) is 40.0 Å². The van der Waals surface area contributed by atoms with Gasteiger partial charge in [-0.25, -0.2) is 0 Å². The summed E-state index contributed by atoms with van der Waals surface area (Å²) in [5.41, 5.74) is 4.17. The van der Waals surface area contributed by atoms with Crippen LogP contribution in [0.1, 0.15) is 49.2 Å². The van der Waals surface area contributed by atoms with E-state index in [9.17, 15) is 4.79 Å². The zero-order valence-electron chi connectivity index (χ0n) is 16.8. The minimum Gasteiger partial charge on any atom is -1.00 e. The van der Waals surface area contributed by atoms with E-state index < -0.39 is 0 Å². The maximum absolute atomic E-state index is 12.7. The first-order chi connectivity index (χ1) is 10.7. The Labute approximate surface area is 160 Å². The van der Waals surface area contributed by atoms with E-state index in [1.165, 1.54) is 5.56 Å². The zero-order valence-corrected chi connectivity index (χ0v) is 16.8. The van der Waals surface area contributed by atoms with Crippen molar-refractivity contribution in [1.82, 2.24) is 0 Å². The van der Waals surface area contributed by atoms with Crippen LogP contribution in [0.2, 0.25) is 0 Å². The molecular formula is C20H26LiO2P. The molecule has 0 radical (unpaired) electrons. The van der Waals surface area contributed by atoms with E-state index in [1.54, 1.807) is 0 Å². The molecule has 0 saturated carbocycles. The van der Waals surface area contributed by atoms with Gasteiger partial charge in [-0.3, -0.25) is 4.79 Å². The van der Waals surface area contributed by atoms with Gasteiger partial charge in [0.05, 0.1) is 0 Å². The van der Waals surface area contributed by atoms with Crippen molar-refractivity contribution in [3.05, 3.63) is 58.7 Å². The van der Waals surface area contributed by atoms with Gasteiger partial charge in [-0.15, -0.1) is 0 Å². The fraction of sp³-hybridized carbons (Fsp3) is 0.350. The van der Waals surface area contributed by atoms with E-state index in [0.29, 0.717) is 0 Å². The van der Waals surface area contributed by atoms with Crippen LogP contribution in [-0.4, -0.2) is 11.1 Å². The molecule has 2 nitrogen and oxygen atoms in total. The first-order valence-corrected chi connectivity index (χ1v) is 8.84. The van der Waals surface area contributed by atoms with Crippen molar-refractivity contribution >= 4 is 19.4 Å². The topological polar surface area (TPSA) is 26.3 Å². The smallest absolute Gasteiger partial charge is 1.00 e. The summed E-state index contributed by atoms with van der Waals surface area (Å²) < 4.78 is 5.82. The van der Waals surface area contributed by atoms with Gasteiger partial charge in [0, 0.05) is 5.56 Å². The van der Waals surface area contributed by atoms with Crippen LogP contribution in [0.5, 0.6) is 5.75 Å². The molecular weight excluding hydrogens is 310 g/mol. The molecule has 24 heavy (non-hydrogen) atoms. The first-order valence-electron chi connectivity index (χ1n) is 7.84. The maximum atomic E-state index is 12.7. The van der Waals surface area contributed by atoms with Crippen molar-refractivity contribution in [1.29, 1.82) is 0 Å². The Morgan fingerprint density at radius 2 is 1.50 bits per heavy atom. The van der Waals surface area contributed by atoms with Crippen molar-refractivity contribution in [2.24, 2.45) is 0 Å². The number of aryl methyl sites for hydroxylation is 3. The molecule has 0 aliphatic heterocycles. The van der Waals surface area contributed by atoms with Crippen molar-refractivity contribution in [3.8, 4) is 5.75 Å². The van der Waals surface area contributed by atoms with E-state index in [2.05, 4.69) is 19.1 Å². The van der Waals surface area contributed by atoms with Gasteiger partial charge >= 0.3 is 18.9 Å². The molecule has 1 unspecified atom stereocenters. The Kier molecular flexibility index (Phi) is 7.30. The molecule has 0 heterocycles. The van der Waals surface area contributed by atoms with Gasteiger partial charge < -0.3 is 6.16 Å². The molecule has 0 spiro atoms. The molecule has 124 valence electrons. The molecule has 2 aromatic carbocycles. The quantitative estimate of drug-likeness (QED) is 0.631. The summed E-state index contributed by atoms with van der Waals surface area (Å²) in [6.45, 7) is 12.2. The minimum absolute atomic E-state index is 0. The van der Waals surface area contributed by atoms with Crippen LogP contribution < -0.4 is 28.9 Å². The van der Waals surface area contributed by atoms with Crippen LogP contribution in [0.4, 0.5) is 0 Å². The van der Waals surface area contributed by atoms with Crippen LogP contribution in [-0.2, 0) is 0 Å². The summed E-state index contributed by atoms with van der Waals surface area (Å²) in [5.74, 6) is 0.834. The summed E-state index contributed by atoms with van der Waals surface area (Å²) in [7, 11) is 0.135. The number of rotatable bonds is 4. The van der Waals surface area contributed by atoms with E-state index in [1.807, 2.05) is 58.9 Å². The molecule has 0 N–H and O–H groups in total. The number of ether oxygens (including phenoxy) is 1. The summed E-state index contributed by atoms with van der Waals surface area (Å²) in [6.07, 6.45) is 0. The van der Waals surface area contributed by atoms with Crippen molar-refractivity contribution < 1.29 is 29.8 Å². The molecule has 0 saturated heterocycles. The zero-order chi connectivity index (χ0) is 17.2. The van der Waals surface area contributed by atoms with E-state index in [4.69, 9.17) is 4.74 Å². The molecule has 4 heteroatoms. The van der Waals surface area contributed by atoms with Crippen LogP contribution in [0, 0.1) is 20.8 Å². The SMILES string of the molecule is Cc1cc(C)c(C(=O)Pc2ccc(OC(C)(C)C)cc2)c(C)c1.[H-].[Li+]. The largest absolute Gasteiger partial charge is 1.00 e. The Morgan fingerprint density at radius 3 is 1.96 bits per heavy atom. The third-order valence-electron chi connectivity index (χ3n) is 3.44. The first kappa shape index (κ1) is 21.0. The number of carbonyl (C=O) groups excluding carboxylic acids is 1. The van der Waals surface area contributed by atoms with Gasteiger partial charge in [-0.05, 0) is 78.7 Å². The van der Waals surface area contributed by atoms with Gasteiger partial charge in [0.15, 0.2) is 5.52 Å². The second-order valence-corrected chi connectivity index (χ2v) is 8.25. The molecule has 0 aliphatic carbocycles. The van der Waals surface area contributed by atoms with Crippen LogP contribution in [0.3, 0.4) is 0 Å². The minimum atomic E-state index is -0.213. The normalized spacial score (nSPS) is 11.4. The van der Waals surface area contributed by atoms with Gasteiger partial charge in [0.1, 0.15) is 11.4 Å². The second-order valence-electron chi connectivity index (χ2n) is 6.97. The summed E-state index contributed by atoms with van der Waals surface area (Å²) in [6, 6.07) is 12.0. The Hall–Kier alpha value is -1.06. The third-order valence-corrected chi connectivity index (χ3v) is 4.54. The van der Waals surface area contributed by atoms with Gasteiger partial charge in [0.2, 0.25) is 0 Å². The number of benzene rings is 2.